The van der Waals surface area contributed by atoms with Crippen LogP contribution >= 0.6 is 0 Å². The first-order valence-corrected chi connectivity index (χ1v) is 9.86. The van der Waals surface area contributed by atoms with Crippen molar-refractivity contribution >= 4 is 11.5 Å². The number of benzene rings is 1. The molecule has 0 spiro atoms. The van der Waals surface area contributed by atoms with Crippen LogP contribution < -0.4 is 11.2 Å². The second-order valence-corrected chi connectivity index (χ2v) is 7.96. The predicted octanol–water partition coefficient (Wildman–Crippen LogP) is 2.39. The molecule has 2 aromatic rings. The van der Waals surface area contributed by atoms with Gasteiger partial charge in [-0.25, -0.2) is 8.78 Å². The average molecular weight is 419 g/mol. The van der Waals surface area contributed by atoms with Crippen LogP contribution in [0.1, 0.15) is 26.3 Å². The van der Waals surface area contributed by atoms with E-state index in [1.165, 1.54) is 6.07 Å². The standard InChI is InChI=1S/C21H27F2N5O2/c1-11(2)28-8-7-27(9-12(28)3)10-15(24)17-19(29)20(30)18(26-21(17)25)16-13(22)5-4-6-14(16)23/h4-6,11-12,24,30H,7-10H2,1-3H3,(H3,25,26,29)/t12-/m0/s1. The molecule has 1 aromatic carbocycles. The van der Waals surface area contributed by atoms with Crippen LogP contribution in [0.4, 0.5) is 14.6 Å². The smallest absolute Gasteiger partial charge is 0.235 e. The third-order valence-corrected chi connectivity index (χ3v) is 5.53. The van der Waals surface area contributed by atoms with Crippen molar-refractivity contribution < 1.29 is 13.9 Å². The Morgan fingerprint density at radius 2 is 1.97 bits per heavy atom. The van der Waals surface area contributed by atoms with Gasteiger partial charge in [-0.15, -0.1) is 0 Å². The van der Waals surface area contributed by atoms with Gasteiger partial charge in [0, 0.05) is 38.3 Å². The first-order chi connectivity index (χ1) is 14.1. The zero-order chi connectivity index (χ0) is 22.2. The van der Waals surface area contributed by atoms with E-state index in [0.29, 0.717) is 12.1 Å². The van der Waals surface area contributed by atoms with Crippen LogP contribution in [0.3, 0.4) is 0 Å². The Morgan fingerprint density at radius 3 is 2.53 bits per heavy atom. The van der Waals surface area contributed by atoms with Gasteiger partial charge >= 0.3 is 0 Å². The number of nitrogens with two attached hydrogens (primary N) is 1. The number of aromatic amines is 1. The summed E-state index contributed by atoms with van der Waals surface area (Å²) in [6.45, 7) is 8.86. The van der Waals surface area contributed by atoms with Gasteiger partial charge in [-0.1, -0.05) is 6.07 Å². The molecule has 1 saturated heterocycles. The number of anilines is 1. The van der Waals surface area contributed by atoms with Gasteiger partial charge in [0.05, 0.1) is 22.5 Å². The van der Waals surface area contributed by atoms with Crippen molar-refractivity contribution in [1.29, 1.82) is 5.41 Å². The van der Waals surface area contributed by atoms with E-state index < -0.39 is 34.1 Å². The number of nitrogens with zero attached hydrogens (tertiary/aromatic N) is 2. The normalized spacial score (nSPS) is 18.1. The third-order valence-electron chi connectivity index (χ3n) is 5.53. The summed E-state index contributed by atoms with van der Waals surface area (Å²) in [5.74, 6) is -2.97. The summed E-state index contributed by atoms with van der Waals surface area (Å²) in [6.07, 6.45) is 0. The number of hydrogen-bond acceptors (Lipinski definition) is 6. The van der Waals surface area contributed by atoms with E-state index in [2.05, 4.69) is 30.7 Å². The monoisotopic (exact) mass is 419 g/mol. The highest BCUT2D eigenvalue weighted by Crippen LogP contribution is 2.31. The molecular formula is C21H27F2N5O2. The van der Waals surface area contributed by atoms with Crippen molar-refractivity contribution in [2.24, 2.45) is 0 Å². The highest BCUT2D eigenvalue weighted by atomic mass is 19.1. The molecule has 1 aliphatic heterocycles. The zero-order valence-electron chi connectivity index (χ0n) is 17.3. The van der Waals surface area contributed by atoms with Gasteiger partial charge in [0.25, 0.3) is 0 Å². The number of H-pyrrole nitrogens is 1. The fourth-order valence-corrected chi connectivity index (χ4v) is 4.09. The molecular weight excluding hydrogens is 392 g/mol. The molecule has 2 heterocycles. The van der Waals surface area contributed by atoms with Gasteiger partial charge in [-0.3, -0.25) is 14.6 Å². The summed E-state index contributed by atoms with van der Waals surface area (Å²) < 4.78 is 28.2. The molecule has 0 unspecified atom stereocenters. The molecule has 162 valence electrons. The van der Waals surface area contributed by atoms with Gasteiger partial charge in [0.15, 0.2) is 5.75 Å². The van der Waals surface area contributed by atoms with E-state index in [0.717, 1.165) is 31.8 Å². The van der Waals surface area contributed by atoms with Crippen molar-refractivity contribution in [2.75, 3.05) is 31.9 Å². The van der Waals surface area contributed by atoms with E-state index in [4.69, 9.17) is 11.1 Å². The van der Waals surface area contributed by atoms with E-state index in [9.17, 15) is 18.7 Å². The molecule has 1 atom stereocenters. The summed E-state index contributed by atoms with van der Waals surface area (Å²) >= 11 is 0. The van der Waals surface area contributed by atoms with Crippen molar-refractivity contribution in [3.8, 4) is 17.0 Å². The van der Waals surface area contributed by atoms with E-state index in [1.807, 2.05) is 4.90 Å². The molecule has 30 heavy (non-hydrogen) atoms. The van der Waals surface area contributed by atoms with Crippen LogP contribution in [0.5, 0.6) is 5.75 Å². The minimum Gasteiger partial charge on any atom is -0.503 e. The highest BCUT2D eigenvalue weighted by Gasteiger charge is 2.28. The molecule has 0 radical (unpaired) electrons. The first-order valence-electron chi connectivity index (χ1n) is 9.86. The van der Waals surface area contributed by atoms with E-state index in [-0.39, 0.29) is 23.6 Å². The molecule has 7 nitrogen and oxygen atoms in total. The summed E-state index contributed by atoms with van der Waals surface area (Å²) in [7, 11) is 0. The van der Waals surface area contributed by atoms with Crippen LogP contribution in [0, 0.1) is 17.0 Å². The van der Waals surface area contributed by atoms with Crippen molar-refractivity contribution in [3.63, 3.8) is 0 Å². The Morgan fingerprint density at radius 1 is 1.33 bits per heavy atom. The molecule has 0 bridgehead atoms. The Balaban J connectivity index is 1.88. The topological polar surface area (TPSA) is 109 Å². The van der Waals surface area contributed by atoms with Gasteiger partial charge in [0.1, 0.15) is 17.5 Å². The molecule has 1 aliphatic rings. The lowest BCUT2D eigenvalue weighted by Gasteiger charge is -2.42. The number of halogens is 2. The molecule has 9 heteroatoms. The lowest BCUT2D eigenvalue weighted by Crippen LogP contribution is -2.55. The van der Waals surface area contributed by atoms with Crippen LogP contribution in [0.15, 0.2) is 23.0 Å². The molecule has 0 amide bonds. The van der Waals surface area contributed by atoms with Gasteiger partial charge < -0.3 is 21.2 Å². The fraction of sp³-hybridized carbons (Fsp3) is 0.429. The molecule has 0 aliphatic carbocycles. The lowest BCUT2D eigenvalue weighted by molar-refractivity contribution is 0.0686. The highest BCUT2D eigenvalue weighted by molar-refractivity contribution is 6.04. The summed E-state index contributed by atoms with van der Waals surface area (Å²) in [5, 5.41) is 18.7. The largest absolute Gasteiger partial charge is 0.503 e. The minimum atomic E-state index is -0.944. The Kier molecular flexibility index (Phi) is 6.23. The molecule has 3 rings (SSSR count). The lowest BCUT2D eigenvalue weighted by atomic mass is 10.0. The van der Waals surface area contributed by atoms with E-state index >= 15 is 0 Å². The van der Waals surface area contributed by atoms with Crippen LogP contribution in [-0.4, -0.2) is 63.9 Å². The number of nitrogens with one attached hydrogen (secondary N) is 2. The van der Waals surface area contributed by atoms with Gasteiger partial charge in [0.2, 0.25) is 5.43 Å². The average Bonchev–Trinajstić information content (AvgIpc) is 2.65. The second-order valence-electron chi connectivity index (χ2n) is 7.96. The summed E-state index contributed by atoms with van der Waals surface area (Å²) in [4.78, 5) is 19.7. The van der Waals surface area contributed by atoms with E-state index in [1.54, 1.807) is 0 Å². The number of nitrogen functional groups attached to an aromatic ring is 1. The quantitative estimate of drug-likeness (QED) is 0.557. The minimum absolute atomic E-state index is 0.0604. The van der Waals surface area contributed by atoms with Crippen molar-refractivity contribution in [1.82, 2.24) is 14.8 Å². The first kappa shape index (κ1) is 21.9. The Labute approximate surface area is 173 Å². The number of piperazine rings is 1. The maximum absolute atomic E-state index is 14.1. The Hall–Kier alpha value is -2.78. The maximum atomic E-state index is 14.1. The van der Waals surface area contributed by atoms with Crippen molar-refractivity contribution in [2.45, 2.75) is 32.9 Å². The fourth-order valence-electron chi connectivity index (χ4n) is 4.09. The SMILES string of the molecule is CC(C)N1CCN(CC(=N)c2c(N)[nH]c(-c3c(F)cccc3F)c(O)c2=O)C[C@@H]1C. The summed E-state index contributed by atoms with van der Waals surface area (Å²) in [5.41, 5.74) is 3.75. The molecule has 5 N–H and O–H groups in total. The van der Waals surface area contributed by atoms with Gasteiger partial charge in [-0.2, -0.15) is 0 Å². The van der Waals surface area contributed by atoms with Crippen LogP contribution in [-0.2, 0) is 0 Å². The Bertz CT molecular complexity index is 1000. The number of hydrogen-bond donors (Lipinski definition) is 4. The number of aromatic hydroxyl groups is 1. The van der Waals surface area contributed by atoms with Crippen LogP contribution in [0.2, 0.25) is 0 Å². The maximum Gasteiger partial charge on any atom is 0.235 e. The number of rotatable bonds is 5. The molecule has 1 fully saturated rings. The number of pyridine rings is 1. The predicted molar refractivity (Wildman–Crippen MR) is 113 cm³/mol. The zero-order valence-corrected chi connectivity index (χ0v) is 17.3. The third kappa shape index (κ3) is 4.08. The van der Waals surface area contributed by atoms with Gasteiger partial charge in [-0.05, 0) is 32.9 Å². The molecule has 1 aromatic heterocycles. The van der Waals surface area contributed by atoms with Crippen molar-refractivity contribution in [3.05, 3.63) is 45.6 Å². The summed E-state index contributed by atoms with van der Waals surface area (Å²) in [6, 6.07) is 3.92. The number of aromatic nitrogens is 1. The second kappa shape index (κ2) is 8.53. The molecule has 0 saturated carbocycles. The van der Waals surface area contributed by atoms with Crippen LogP contribution in [0.25, 0.3) is 11.3 Å².